The molecule has 0 aliphatic carbocycles. The molecule has 0 aliphatic heterocycles. The van der Waals surface area contributed by atoms with Crippen molar-refractivity contribution in [3.63, 3.8) is 0 Å². The molecule has 0 saturated heterocycles. The van der Waals surface area contributed by atoms with Crippen molar-refractivity contribution in [2.24, 2.45) is 5.73 Å². The van der Waals surface area contributed by atoms with Crippen molar-refractivity contribution >= 4 is 42.3 Å². The van der Waals surface area contributed by atoms with E-state index in [0.29, 0.717) is 5.56 Å². The van der Waals surface area contributed by atoms with E-state index in [9.17, 15) is 4.79 Å². The number of aromatic nitrogens is 2. The summed E-state index contributed by atoms with van der Waals surface area (Å²) in [4.78, 5) is 21.2. The second kappa shape index (κ2) is 7.65. The van der Waals surface area contributed by atoms with Crippen molar-refractivity contribution in [1.82, 2.24) is 9.97 Å². The number of hydrogen-bond donors (Lipinski definition) is 1. The molecular weight excluding hydrogens is 381 g/mol. The molecule has 0 fully saturated rings. The summed E-state index contributed by atoms with van der Waals surface area (Å²) in [5.41, 5.74) is 7.88. The van der Waals surface area contributed by atoms with Crippen LogP contribution < -0.4 is 14.6 Å². The van der Waals surface area contributed by atoms with Gasteiger partial charge in [0, 0.05) is 0 Å². The fourth-order valence-corrected chi connectivity index (χ4v) is 4.92. The minimum atomic E-state index is -0.589. The zero-order chi connectivity index (χ0) is 16.9. The quantitative estimate of drug-likeness (QED) is 0.521. The van der Waals surface area contributed by atoms with Crippen LogP contribution >= 0.6 is 11.8 Å². The Kier molecular flexibility index (Phi) is 5.33. The number of hydrogen-bond acceptors (Lipinski definition) is 4. The van der Waals surface area contributed by atoms with Gasteiger partial charge >= 0.3 is 152 Å². The predicted molar refractivity (Wildman–Crippen MR) is 101 cm³/mol. The third-order valence-corrected chi connectivity index (χ3v) is 6.70. The zero-order valence-corrected chi connectivity index (χ0v) is 16.0. The molecule has 2 N–H and O–H groups in total. The second-order valence-corrected chi connectivity index (χ2v) is 8.71. The summed E-state index contributed by atoms with van der Waals surface area (Å²) in [5.74, 6) is -0.403. The molecule has 4 nitrogen and oxygen atoms in total. The van der Waals surface area contributed by atoms with E-state index in [1.807, 2.05) is 24.3 Å². The first-order valence-corrected chi connectivity index (χ1v) is 10.6. The average Bonchev–Trinajstić information content (AvgIpc) is 2.62. The Balaban J connectivity index is 1.86. The molecule has 2 aromatic carbocycles. The molecule has 6 heteroatoms. The molecule has 1 atom stereocenters. The third kappa shape index (κ3) is 3.86. The van der Waals surface area contributed by atoms with E-state index in [1.54, 1.807) is 30.2 Å². The Hall–Kier alpha value is -2.10. The topological polar surface area (TPSA) is 68.9 Å². The summed E-state index contributed by atoms with van der Waals surface area (Å²) in [6.45, 7) is 0. The first-order valence-electron chi connectivity index (χ1n) is 7.29. The molecule has 0 bridgehead atoms. The van der Waals surface area contributed by atoms with Crippen LogP contribution in [0.15, 0.2) is 65.8 Å². The summed E-state index contributed by atoms with van der Waals surface area (Å²) in [5, 5.41) is 0. The Morgan fingerprint density at radius 1 is 1.08 bits per heavy atom. The standard InChI is InChI=1S/C18H16AsN3OS/c1-24-16-5-3-2-4-14(16)15-10-17(22-11-21-15)19-13-8-6-12(7-9-13)18(20)23/h2-11,19H,1H3,(H2,20,23). The van der Waals surface area contributed by atoms with E-state index in [-0.39, 0.29) is 0 Å². The summed E-state index contributed by atoms with van der Waals surface area (Å²) in [6, 6.07) is 17.8. The van der Waals surface area contributed by atoms with E-state index < -0.39 is 21.7 Å². The molecule has 1 unspecified atom stereocenters. The van der Waals surface area contributed by atoms with E-state index >= 15 is 0 Å². The normalized spacial score (nSPS) is 11.0. The molecule has 24 heavy (non-hydrogen) atoms. The molecule has 1 aromatic heterocycles. The summed E-state index contributed by atoms with van der Waals surface area (Å²) in [7, 11) is 0. The summed E-state index contributed by atoms with van der Waals surface area (Å²) < 4.78 is 2.26. The fraction of sp³-hybridized carbons (Fsp3) is 0.0556. The van der Waals surface area contributed by atoms with E-state index in [4.69, 9.17) is 5.73 Å². The molecule has 3 rings (SSSR count). The van der Waals surface area contributed by atoms with Crippen LogP contribution in [0.3, 0.4) is 0 Å². The van der Waals surface area contributed by atoms with Gasteiger partial charge in [-0.05, 0) is 0 Å². The molecule has 0 saturated carbocycles. The van der Waals surface area contributed by atoms with Crippen LogP contribution in [-0.4, -0.2) is 37.9 Å². The van der Waals surface area contributed by atoms with E-state index in [1.165, 1.54) is 9.25 Å². The maximum atomic E-state index is 11.1. The van der Waals surface area contributed by atoms with Crippen molar-refractivity contribution in [2.45, 2.75) is 4.90 Å². The van der Waals surface area contributed by atoms with Crippen LogP contribution in [0.5, 0.6) is 0 Å². The van der Waals surface area contributed by atoms with E-state index in [0.717, 1.165) is 15.7 Å². The van der Waals surface area contributed by atoms with Gasteiger partial charge in [-0.3, -0.25) is 0 Å². The third-order valence-electron chi connectivity index (χ3n) is 3.49. The zero-order valence-electron chi connectivity index (χ0n) is 13.1. The number of benzene rings is 2. The van der Waals surface area contributed by atoms with Crippen LogP contribution in [0, 0.1) is 0 Å². The van der Waals surface area contributed by atoms with Gasteiger partial charge in [0.2, 0.25) is 0 Å². The number of amides is 1. The maximum absolute atomic E-state index is 11.1. The Bertz CT molecular complexity index is 868. The number of carbonyl (C=O) groups is 1. The number of thioether (sulfide) groups is 1. The van der Waals surface area contributed by atoms with Gasteiger partial charge in [0.05, 0.1) is 0 Å². The van der Waals surface area contributed by atoms with Crippen LogP contribution in [0.1, 0.15) is 10.4 Å². The van der Waals surface area contributed by atoms with Crippen molar-refractivity contribution in [3.05, 3.63) is 66.5 Å². The summed E-state index contributed by atoms with van der Waals surface area (Å²) in [6.07, 6.45) is 3.69. The SMILES string of the molecule is CSc1ccccc1-c1cc([AsH]c2ccc(C(N)=O)cc2)ncn1. The molecule has 3 aromatic rings. The van der Waals surface area contributed by atoms with Gasteiger partial charge in [0.15, 0.2) is 0 Å². The van der Waals surface area contributed by atoms with Crippen LogP contribution in [0.25, 0.3) is 11.3 Å². The Labute approximate surface area is 151 Å². The van der Waals surface area contributed by atoms with Crippen LogP contribution in [0.4, 0.5) is 0 Å². The molecule has 0 radical (unpaired) electrons. The number of nitrogens with zero attached hydrogens (tertiary/aromatic N) is 2. The molecule has 1 amide bonds. The van der Waals surface area contributed by atoms with Gasteiger partial charge in [0.1, 0.15) is 0 Å². The predicted octanol–water partition coefficient (Wildman–Crippen LogP) is 1.35. The fourth-order valence-electron chi connectivity index (χ4n) is 2.29. The monoisotopic (exact) mass is 397 g/mol. The summed E-state index contributed by atoms with van der Waals surface area (Å²) >= 11 is 1.12. The van der Waals surface area contributed by atoms with Gasteiger partial charge < -0.3 is 0 Å². The number of rotatable bonds is 5. The first kappa shape index (κ1) is 16.7. The second-order valence-electron chi connectivity index (χ2n) is 5.06. The Morgan fingerprint density at radius 2 is 1.83 bits per heavy atom. The van der Waals surface area contributed by atoms with Crippen molar-refractivity contribution in [1.29, 1.82) is 0 Å². The number of nitrogens with two attached hydrogens (primary N) is 1. The average molecular weight is 397 g/mol. The van der Waals surface area contributed by atoms with Gasteiger partial charge in [-0.1, -0.05) is 0 Å². The van der Waals surface area contributed by atoms with Gasteiger partial charge in [-0.2, -0.15) is 0 Å². The van der Waals surface area contributed by atoms with Crippen molar-refractivity contribution in [3.8, 4) is 11.3 Å². The molecule has 0 aliphatic rings. The molecule has 1 heterocycles. The number of primary amides is 1. The molecule has 0 spiro atoms. The first-order chi connectivity index (χ1) is 11.7. The molecule has 120 valence electrons. The van der Waals surface area contributed by atoms with Crippen molar-refractivity contribution < 1.29 is 4.79 Å². The van der Waals surface area contributed by atoms with E-state index in [2.05, 4.69) is 34.4 Å². The molecular formula is C18H16AsN3OS. The van der Waals surface area contributed by atoms with Gasteiger partial charge in [-0.15, -0.1) is 0 Å². The van der Waals surface area contributed by atoms with Crippen LogP contribution in [0.2, 0.25) is 0 Å². The minimum absolute atomic E-state index is 0.403. The number of carbonyl (C=O) groups excluding carboxylic acids is 1. The van der Waals surface area contributed by atoms with Gasteiger partial charge in [0.25, 0.3) is 0 Å². The van der Waals surface area contributed by atoms with Crippen LogP contribution in [-0.2, 0) is 0 Å². The van der Waals surface area contributed by atoms with Crippen molar-refractivity contribution in [2.75, 3.05) is 6.26 Å². The Morgan fingerprint density at radius 3 is 2.54 bits per heavy atom. The van der Waals surface area contributed by atoms with Gasteiger partial charge in [-0.25, -0.2) is 0 Å².